The Morgan fingerprint density at radius 1 is 1.45 bits per heavy atom. The van der Waals surface area contributed by atoms with Gasteiger partial charge in [0.15, 0.2) is 11.6 Å². The molecule has 0 aliphatic rings. The van der Waals surface area contributed by atoms with Crippen molar-refractivity contribution in [3.63, 3.8) is 0 Å². The second-order valence-electron chi connectivity index (χ2n) is 4.66. The van der Waals surface area contributed by atoms with E-state index in [4.69, 9.17) is 4.74 Å². The van der Waals surface area contributed by atoms with E-state index >= 15 is 0 Å². The van der Waals surface area contributed by atoms with Gasteiger partial charge in [-0.05, 0) is 19.4 Å². The minimum absolute atomic E-state index is 0.0843. The van der Waals surface area contributed by atoms with Crippen molar-refractivity contribution in [3.8, 4) is 5.75 Å². The summed E-state index contributed by atoms with van der Waals surface area (Å²) in [5.41, 5.74) is 0.772. The Kier molecular flexibility index (Phi) is 5.07. The number of rotatable bonds is 7. The average Bonchev–Trinajstić information content (AvgIpc) is 2.89. The van der Waals surface area contributed by atoms with Crippen LogP contribution in [0.4, 0.5) is 11.5 Å². The zero-order valence-corrected chi connectivity index (χ0v) is 12.0. The molecule has 0 unspecified atom stereocenters. The Morgan fingerprint density at radius 2 is 2.23 bits per heavy atom. The van der Waals surface area contributed by atoms with Crippen molar-refractivity contribution < 1.29 is 14.5 Å². The van der Waals surface area contributed by atoms with Gasteiger partial charge in [0.05, 0.1) is 11.5 Å². The van der Waals surface area contributed by atoms with Crippen LogP contribution in [0.15, 0.2) is 30.3 Å². The molecule has 0 bridgehead atoms. The zero-order chi connectivity index (χ0) is 15.9. The highest BCUT2D eigenvalue weighted by Gasteiger charge is 2.13. The van der Waals surface area contributed by atoms with Crippen molar-refractivity contribution in [1.29, 1.82) is 0 Å². The second-order valence-corrected chi connectivity index (χ2v) is 4.66. The van der Waals surface area contributed by atoms with Gasteiger partial charge < -0.3 is 10.1 Å². The molecule has 2 N–H and O–H groups in total. The number of amides is 1. The Bertz CT molecular complexity index is 668. The van der Waals surface area contributed by atoms with Crippen LogP contribution in [0.2, 0.25) is 0 Å². The van der Waals surface area contributed by atoms with Crippen LogP contribution in [-0.2, 0) is 4.79 Å². The SMILES string of the molecule is Cc1cc(NC(=O)CCCOc2ccccc2[N+](=O)[O-])n[nH]1. The second kappa shape index (κ2) is 7.21. The average molecular weight is 304 g/mol. The number of H-pyrrole nitrogens is 1. The topological polar surface area (TPSA) is 110 Å². The fourth-order valence-corrected chi connectivity index (χ4v) is 1.83. The van der Waals surface area contributed by atoms with Crippen LogP contribution in [0.3, 0.4) is 0 Å². The molecule has 0 aliphatic carbocycles. The number of anilines is 1. The summed E-state index contributed by atoms with van der Waals surface area (Å²) in [6, 6.07) is 7.87. The van der Waals surface area contributed by atoms with Gasteiger partial charge in [0.1, 0.15) is 0 Å². The smallest absolute Gasteiger partial charge is 0.310 e. The lowest BCUT2D eigenvalue weighted by atomic mass is 10.3. The molecule has 116 valence electrons. The van der Waals surface area contributed by atoms with Gasteiger partial charge in [0.2, 0.25) is 5.91 Å². The highest BCUT2D eigenvalue weighted by atomic mass is 16.6. The molecule has 1 aromatic heterocycles. The maximum absolute atomic E-state index is 11.7. The number of nitrogens with zero attached hydrogens (tertiary/aromatic N) is 2. The molecule has 0 radical (unpaired) electrons. The number of aromatic nitrogens is 2. The van der Waals surface area contributed by atoms with E-state index in [9.17, 15) is 14.9 Å². The minimum atomic E-state index is -0.498. The number of carbonyl (C=O) groups is 1. The third-order valence-corrected chi connectivity index (χ3v) is 2.84. The molecule has 8 nitrogen and oxygen atoms in total. The van der Waals surface area contributed by atoms with Gasteiger partial charge in [-0.2, -0.15) is 5.10 Å². The Morgan fingerprint density at radius 3 is 2.91 bits per heavy atom. The first-order chi connectivity index (χ1) is 10.6. The summed E-state index contributed by atoms with van der Waals surface area (Å²) in [5.74, 6) is 0.496. The summed E-state index contributed by atoms with van der Waals surface area (Å²) in [4.78, 5) is 22.0. The molecule has 0 fully saturated rings. The van der Waals surface area contributed by atoms with Crippen LogP contribution in [0.25, 0.3) is 0 Å². The minimum Gasteiger partial charge on any atom is -0.487 e. The summed E-state index contributed by atoms with van der Waals surface area (Å²) in [6.07, 6.45) is 0.688. The number of carbonyl (C=O) groups excluding carboxylic acids is 1. The first-order valence-electron chi connectivity index (χ1n) is 6.74. The van der Waals surface area contributed by atoms with Gasteiger partial charge in [-0.15, -0.1) is 0 Å². The summed E-state index contributed by atoms with van der Waals surface area (Å²) in [6.45, 7) is 2.06. The lowest BCUT2D eigenvalue weighted by molar-refractivity contribution is -0.385. The molecular weight excluding hydrogens is 288 g/mol. The number of aromatic amines is 1. The number of hydrogen-bond acceptors (Lipinski definition) is 5. The maximum Gasteiger partial charge on any atom is 0.310 e. The van der Waals surface area contributed by atoms with Crippen LogP contribution < -0.4 is 10.1 Å². The molecule has 0 saturated heterocycles. The fourth-order valence-electron chi connectivity index (χ4n) is 1.83. The van der Waals surface area contributed by atoms with Crippen molar-refractivity contribution in [2.75, 3.05) is 11.9 Å². The van der Waals surface area contributed by atoms with Crippen molar-refractivity contribution in [1.82, 2.24) is 10.2 Å². The van der Waals surface area contributed by atoms with Crippen LogP contribution in [-0.4, -0.2) is 27.6 Å². The Hall–Kier alpha value is -2.90. The number of para-hydroxylation sites is 2. The largest absolute Gasteiger partial charge is 0.487 e. The van der Waals surface area contributed by atoms with Crippen molar-refractivity contribution >= 4 is 17.4 Å². The molecule has 0 atom stereocenters. The summed E-state index contributed by atoms with van der Waals surface area (Å²) >= 11 is 0. The Balaban J connectivity index is 1.75. The number of ether oxygens (including phenoxy) is 1. The normalized spacial score (nSPS) is 10.2. The maximum atomic E-state index is 11.7. The number of aryl methyl sites for hydroxylation is 1. The van der Waals surface area contributed by atoms with Crippen molar-refractivity contribution in [3.05, 3.63) is 46.1 Å². The Labute approximate surface area is 126 Å². The highest BCUT2D eigenvalue weighted by Crippen LogP contribution is 2.25. The molecule has 2 rings (SSSR count). The van der Waals surface area contributed by atoms with Crippen LogP contribution in [0, 0.1) is 17.0 Å². The molecule has 2 aromatic rings. The summed E-state index contributed by atoms with van der Waals surface area (Å²) < 4.78 is 5.36. The van der Waals surface area contributed by atoms with E-state index in [0.717, 1.165) is 5.69 Å². The predicted molar refractivity (Wildman–Crippen MR) is 79.8 cm³/mol. The summed E-state index contributed by atoms with van der Waals surface area (Å²) in [5, 5.41) is 20.1. The molecule has 1 amide bonds. The van der Waals surface area contributed by atoms with Crippen molar-refractivity contribution in [2.24, 2.45) is 0 Å². The third kappa shape index (κ3) is 4.30. The van der Waals surface area contributed by atoms with E-state index in [-0.39, 0.29) is 30.4 Å². The van der Waals surface area contributed by atoms with Gasteiger partial charge in [0, 0.05) is 24.2 Å². The number of nitro benzene ring substituents is 1. The number of nitro groups is 1. The monoisotopic (exact) mass is 304 g/mol. The van der Waals surface area contributed by atoms with Crippen molar-refractivity contribution in [2.45, 2.75) is 19.8 Å². The number of nitrogens with one attached hydrogen (secondary N) is 2. The molecule has 8 heteroatoms. The first kappa shape index (κ1) is 15.5. The van der Waals surface area contributed by atoms with Crippen LogP contribution in [0.1, 0.15) is 18.5 Å². The molecule has 0 aliphatic heterocycles. The van der Waals surface area contributed by atoms with Gasteiger partial charge in [0.25, 0.3) is 0 Å². The van der Waals surface area contributed by atoms with Gasteiger partial charge in [-0.3, -0.25) is 20.0 Å². The number of hydrogen-bond donors (Lipinski definition) is 2. The molecule has 1 heterocycles. The fraction of sp³-hybridized carbons (Fsp3) is 0.286. The lowest BCUT2D eigenvalue weighted by Gasteiger charge is -2.06. The molecule has 1 aromatic carbocycles. The standard InChI is InChI=1S/C14H16N4O4/c1-10-9-13(17-16-10)15-14(19)7-4-8-22-12-6-3-2-5-11(12)18(20)21/h2-3,5-6,9H,4,7-8H2,1H3,(H2,15,16,17,19). The van der Waals surface area contributed by atoms with E-state index in [2.05, 4.69) is 15.5 Å². The van der Waals surface area contributed by atoms with E-state index < -0.39 is 4.92 Å². The summed E-state index contributed by atoms with van der Waals surface area (Å²) in [7, 11) is 0. The quantitative estimate of drug-likeness (QED) is 0.463. The highest BCUT2D eigenvalue weighted by molar-refractivity contribution is 5.89. The van der Waals surface area contributed by atoms with E-state index in [0.29, 0.717) is 12.2 Å². The van der Waals surface area contributed by atoms with Crippen LogP contribution >= 0.6 is 0 Å². The van der Waals surface area contributed by atoms with Crippen LogP contribution in [0.5, 0.6) is 5.75 Å². The third-order valence-electron chi connectivity index (χ3n) is 2.84. The predicted octanol–water partition coefficient (Wildman–Crippen LogP) is 2.42. The lowest BCUT2D eigenvalue weighted by Crippen LogP contribution is -2.13. The van der Waals surface area contributed by atoms with E-state index in [1.165, 1.54) is 12.1 Å². The van der Waals surface area contributed by atoms with Gasteiger partial charge in [-0.25, -0.2) is 0 Å². The molecular formula is C14H16N4O4. The zero-order valence-electron chi connectivity index (χ0n) is 12.0. The van der Waals surface area contributed by atoms with Gasteiger partial charge >= 0.3 is 5.69 Å². The first-order valence-corrected chi connectivity index (χ1v) is 6.74. The molecule has 0 spiro atoms. The van der Waals surface area contributed by atoms with Gasteiger partial charge in [-0.1, -0.05) is 12.1 Å². The molecule has 0 saturated carbocycles. The number of benzene rings is 1. The van der Waals surface area contributed by atoms with E-state index in [1.807, 2.05) is 6.92 Å². The van der Waals surface area contributed by atoms with E-state index in [1.54, 1.807) is 18.2 Å². The molecule has 22 heavy (non-hydrogen) atoms.